The number of aromatic nitrogens is 1. The minimum atomic E-state index is -0.469. The number of carbonyl (C=O) groups excluding carboxylic acids is 1. The molecule has 0 N–H and O–H groups in total. The van der Waals surface area contributed by atoms with Gasteiger partial charge in [-0.2, -0.15) is 0 Å². The van der Waals surface area contributed by atoms with Gasteiger partial charge in [0.05, 0.1) is 10.3 Å². The van der Waals surface area contributed by atoms with Crippen LogP contribution in [0.3, 0.4) is 0 Å². The largest absolute Gasteiger partial charge is 0.455 e. The van der Waals surface area contributed by atoms with Crippen molar-refractivity contribution in [1.82, 2.24) is 9.88 Å². The van der Waals surface area contributed by atoms with Crippen molar-refractivity contribution in [3.05, 3.63) is 40.6 Å². The summed E-state index contributed by atoms with van der Waals surface area (Å²) < 4.78 is 10.6. The second kappa shape index (κ2) is 6.79. The molecule has 2 heterocycles. The number of likely N-dealkylation sites (N-methyl/N-ethyl adjacent to an activating group) is 1. The maximum Gasteiger partial charge on any atom is 0.326 e. The monoisotopic (exact) mass is 331 g/mol. The Morgan fingerprint density at radius 2 is 2.29 bits per heavy atom. The average Bonchev–Trinajstić information content (AvgIpc) is 3.00. The van der Waals surface area contributed by atoms with Crippen LogP contribution in [0.4, 0.5) is 5.69 Å². The molecule has 8 heteroatoms. The second-order valence-corrected chi connectivity index (χ2v) is 5.60. The van der Waals surface area contributed by atoms with Gasteiger partial charge in [-0.15, -0.1) is 0 Å². The molecule has 0 amide bonds. The molecule has 1 aromatic carbocycles. The van der Waals surface area contributed by atoms with Crippen LogP contribution in [0.2, 0.25) is 0 Å². The Labute approximate surface area is 138 Å². The Bertz CT molecular complexity index is 779. The predicted octanol–water partition coefficient (Wildman–Crippen LogP) is 2.12. The number of hydrogen-bond acceptors (Lipinski definition) is 7. The van der Waals surface area contributed by atoms with Crippen LogP contribution in [0.5, 0.6) is 5.75 Å². The van der Waals surface area contributed by atoms with Crippen molar-refractivity contribution < 1.29 is 19.2 Å². The number of nitrogens with zero attached hydrogens (tertiary/aromatic N) is 3. The lowest BCUT2D eigenvalue weighted by atomic mass is 10.1. The van der Waals surface area contributed by atoms with Crippen LogP contribution in [0.25, 0.3) is 10.9 Å². The Morgan fingerprint density at radius 1 is 1.46 bits per heavy atom. The van der Waals surface area contributed by atoms with Gasteiger partial charge in [0.2, 0.25) is 6.79 Å². The van der Waals surface area contributed by atoms with Crippen LogP contribution in [0.1, 0.15) is 12.8 Å². The van der Waals surface area contributed by atoms with Gasteiger partial charge in [0.25, 0.3) is 5.69 Å². The Balaban J connectivity index is 1.71. The number of esters is 1. The predicted molar refractivity (Wildman–Crippen MR) is 85.6 cm³/mol. The van der Waals surface area contributed by atoms with Crippen LogP contribution in [-0.2, 0) is 9.53 Å². The molecule has 8 nitrogen and oxygen atoms in total. The van der Waals surface area contributed by atoms with Crippen molar-refractivity contribution in [1.29, 1.82) is 0 Å². The highest BCUT2D eigenvalue weighted by molar-refractivity contribution is 5.92. The summed E-state index contributed by atoms with van der Waals surface area (Å²) >= 11 is 0. The highest BCUT2D eigenvalue weighted by atomic mass is 16.7. The van der Waals surface area contributed by atoms with Crippen molar-refractivity contribution in [2.45, 2.75) is 18.9 Å². The summed E-state index contributed by atoms with van der Waals surface area (Å²) in [7, 11) is 1.88. The highest BCUT2D eigenvalue weighted by Gasteiger charge is 2.29. The van der Waals surface area contributed by atoms with E-state index >= 15 is 0 Å². The summed E-state index contributed by atoms with van der Waals surface area (Å²) in [6.45, 7) is 0.615. The van der Waals surface area contributed by atoms with Gasteiger partial charge < -0.3 is 9.47 Å². The number of fused-ring (bicyclic) bond motifs is 1. The molecule has 2 aromatic rings. The molecule has 126 valence electrons. The number of non-ortho nitro benzene ring substituents is 1. The first-order chi connectivity index (χ1) is 11.6. The first-order valence-electron chi connectivity index (χ1n) is 7.59. The maximum absolute atomic E-state index is 12.0. The molecular formula is C16H17N3O5. The molecule has 0 saturated carbocycles. The summed E-state index contributed by atoms with van der Waals surface area (Å²) in [5, 5.41) is 11.4. The van der Waals surface area contributed by atoms with Crippen molar-refractivity contribution in [2.24, 2.45) is 0 Å². The fourth-order valence-corrected chi connectivity index (χ4v) is 2.86. The fourth-order valence-electron chi connectivity index (χ4n) is 2.86. The molecule has 1 aliphatic rings. The van der Waals surface area contributed by atoms with E-state index < -0.39 is 4.92 Å². The highest BCUT2D eigenvalue weighted by Crippen LogP contribution is 2.31. The lowest BCUT2D eigenvalue weighted by molar-refractivity contribution is -0.383. The van der Waals surface area contributed by atoms with Crippen LogP contribution in [-0.4, -0.2) is 47.2 Å². The van der Waals surface area contributed by atoms with E-state index in [2.05, 4.69) is 4.98 Å². The molecule has 1 aromatic heterocycles. The van der Waals surface area contributed by atoms with E-state index in [-0.39, 0.29) is 24.5 Å². The van der Waals surface area contributed by atoms with Crippen molar-refractivity contribution in [3.63, 3.8) is 0 Å². The summed E-state index contributed by atoms with van der Waals surface area (Å²) in [5.41, 5.74) is 0.316. The number of hydrogen-bond donors (Lipinski definition) is 0. The minimum Gasteiger partial charge on any atom is -0.455 e. The molecule has 0 aliphatic carbocycles. The van der Waals surface area contributed by atoms with Crippen LogP contribution < -0.4 is 4.74 Å². The average molecular weight is 331 g/mol. The van der Waals surface area contributed by atoms with E-state index in [1.165, 1.54) is 18.3 Å². The molecular weight excluding hydrogens is 314 g/mol. The number of ether oxygens (including phenoxy) is 2. The minimum absolute atomic E-state index is 0.0463. The Morgan fingerprint density at radius 3 is 3.00 bits per heavy atom. The zero-order valence-electron chi connectivity index (χ0n) is 13.2. The van der Waals surface area contributed by atoms with Gasteiger partial charge in [-0.25, -0.2) is 0 Å². The molecule has 1 atom stereocenters. The van der Waals surface area contributed by atoms with E-state index in [1.807, 2.05) is 11.9 Å². The number of benzene rings is 1. The molecule has 1 unspecified atom stereocenters. The SMILES string of the molecule is CN1CCCC1C(=O)OCOc1ccc([N+](=O)[O-])c2cccnc12. The van der Waals surface area contributed by atoms with Gasteiger partial charge in [0.1, 0.15) is 17.3 Å². The first-order valence-corrected chi connectivity index (χ1v) is 7.59. The van der Waals surface area contributed by atoms with Crippen molar-refractivity contribution in [3.8, 4) is 5.75 Å². The Kier molecular flexibility index (Phi) is 4.57. The van der Waals surface area contributed by atoms with Crippen molar-refractivity contribution >= 4 is 22.6 Å². The molecule has 24 heavy (non-hydrogen) atoms. The number of nitro groups is 1. The number of nitro benzene ring substituents is 1. The quantitative estimate of drug-likeness (QED) is 0.358. The van der Waals surface area contributed by atoms with Gasteiger partial charge in [-0.3, -0.25) is 24.8 Å². The smallest absolute Gasteiger partial charge is 0.326 e. The number of likely N-dealkylation sites (tertiary alicyclic amines) is 1. The summed E-state index contributed by atoms with van der Waals surface area (Å²) in [6, 6.07) is 5.80. The lowest BCUT2D eigenvalue weighted by Gasteiger charge is -2.18. The van der Waals surface area contributed by atoms with E-state index in [0.29, 0.717) is 16.7 Å². The van der Waals surface area contributed by atoms with E-state index in [1.54, 1.807) is 12.1 Å². The zero-order chi connectivity index (χ0) is 17.1. The molecule has 3 rings (SSSR count). The zero-order valence-corrected chi connectivity index (χ0v) is 13.2. The Hall–Kier alpha value is -2.74. The van der Waals surface area contributed by atoms with Gasteiger partial charge in [0.15, 0.2) is 0 Å². The van der Waals surface area contributed by atoms with Crippen LogP contribution in [0, 0.1) is 10.1 Å². The normalized spacial score (nSPS) is 17.8. The van der Waals surface area contributed by atoms with Gasteiger partial charge in [-0.1, -0.05) is 0 Å². The standard InChI is InChI=1S/C16H17N3O5/c1-18-9-3-5-13(18)16(20)24-10-23-14-7-6-12(19(21)22)11-4-2-8-17-15(11)14/h2,4,6-8,13H,3,5,9-10H2,1H3. The maximum atomic E-state index is 12.0. The third kappa shape index (κ3) is 3.13. The summed E-state index contributed by atoms with van der Waals surface area (Å²) in [4.78, 5) is 28.7. The molecule has 1 fully saturated rings. The summed E-state index contributed by atoms with van der Waals surface area (Å²) in [5.74, 6) is 0.0120. The van der Waals surface area contributed by atoms with Crippen molar-refractivity contribution in [2.75, 3.05) is 20.4 Å². The second-order valence-electron chi connectivity index (χ2n) is 5.60. The third-order valence-corrected chi connectivity index (χ3v) is 4.11. The van der Waals surface area contributed by atoms with E-state index in [4.69, 9.17) is 9.47 Å². The van der Waals surface area contributed by atoms with Gasteiger partial charge >= 0.3 is 5.97 Å². The number of rotatable bonds is 5. The molecule has 0 spiro atoms. The number of pyridine rings is 1. The van der Waals surface area contributed by atoms with Crippen LogP contribution >= 0.6 is 0 Å². The van der Waals surface area contributed by atoms with E-state index in [0.717, 1.165) is 19.4 Å². The summed E-state index contributed by atoms with van der Waals surface area (Å²) in [6.07, 6.45) is 3.27. The van der Waals surface area contributed by atoms with Crippen LogP contribution in [0.15, 0.2) is 30.5 Å². The lowest BCUT2D eigenvalue weighted by Crippen LogP contribution is -2.34. The fraction of sp³-hybridized carbons (Fsp3) is 0.375. The molecule has 1 saturated heterocycles. The molecule has 1 aliphatic heterocycles. The van der Waals surface area contributed by atoms with Gasteiger partial charge in [-0.05, 0) is 44.6 Å². The van der Waals surface area contributed by atoms with Gasteiger partial charge in [0, 0.05) is 12.3 Å². The number of carbonyl (C=O) groups is 1. The topological polar surface area (TPSA) is 94.8 Å². The van der Waals surface area contributed by atoms with E-state index in [9.17, 15) is 14.9 Å². The molecule has 0 radical (unpaired) electrons. The molecule has 0 bridgehead atoms. The third-order valence-electron chi connectivity index (χ3n) is 4.11. The first kappa shape index (κ1) is 16.1.